The van der Waals surface area contributed by atoms with E-state index in [9.17, 15) is 8.78 Å². The summed E-state index contributed by atoms with van der Waals surface area (Å²) in [7, 11) is 0. The zero-order valence-electron chi connectivity index (χ0n) is 9.84. The first kappa shape index (κ1) is 13.1. The number of hydrogen-bond acceptors (Lipinski definition) is 1. The van der Waals surface area contributed by atoms with E-state index in [4.69, 9.17) is 5.73 Å². The Morgan fingerprint density at radius 1 is 1.19 bits per heavy atom. The highest BCUT2D eigenvalue weighted by Crippen LogP contribution is 2.27. The minimum absolute atomic E-state index is 0.222. The van der Waals surface area contributed by atoms with Crippen LogP contribution in [-0.4, -0.2) is 6.54 Å². The Kier molecular flexibility index (Phi) is 4.87. The van der Waals surface area contributed by atoms with Gasteiger partial charge in [-0.25, -0.2) is 8.78 Å². The molecule has 1 atom stereocenters. The van der Waals surface area contributed by atoms with Gasteiger partial charge >= 0.3 is 0 Å². The third kappa shape index (κ3) is 3.56. The average molecular weight is 227 g/mol. The zero-order chi connectivity index (χ0) is 12.1. The molecular weight excluding hydrogens is 208 g/mol. The molecule has 0 saturated carbocycles. The predicted octanol–water partition coefficient (Wildman–Crippen LogP) is 3.44. The monoisotopic (exact) mass is 227 g/mol. The van der Waals surface area contributed by atoms with Crippen LogP contribution in [0.2, 0.25) is 0 Å². The van der Waals surface area contributed by atoms with Gasteiger partial charge in [-0.1, -0.05) is 19.9 Å². The van der Waals surface area contributed by atoms with Gasteiger partial charge < -0.3 is 5.73 Å². The van der Waals surface area contributed by atoms with Gasteiger partial charge in [-0.05, 0) is 48.9 Å². The number of rotatable bonds is 5. The fraction of sp³-hybridized carbons (Fsp3) is 0.538. The van der Waals surface area contributed by atoms with E-state index in [1.54, 1.807) is 6.07 Å². The van der Waals surface area contributed by atoms with Crippen molar-refractivity contribution in [2.75, 3.05) is 6.54 Å². The van der Waals surface area contributed by atoms with E-state index in [1.807, 2.05) is 0 Å². The van der Waals surface area contributed by atoms with Crippen LogP contribution in [0.3, 0.4) is 0 Å². The van der Waals surface area contributed by atoms with E-state index in [2.05, 4.69) is 13.8 Å². The standard InChI is InChI=1S/C13H19F2N/c1-9(2)7-11(5-6-16)10-3-4-12(14)13(15)8-10/h3-4,8-9,11H,5-7,16H2,1-2H3. The van der Waals surface area contributed by atoms with Crippen molar-refractivity contribution in [2.24, 2.45) is 11.7 Å². The highest BCUT2D eigenvalue weighted by molar-refractivity contribution is 5.21. The van der Waals surface area contributed by atoms with Crippen molar-refractivity contribution in [3.05, 3.63) is 35.4 Å². The summed E-state index contributed by atoms with van der Waals surface area (Å²) >= 11 is 0. The van der Waals surface area contributed by atoms with E-state index in [-0.39, 0.29) is 5.92 Å². The Bertz CT molecular complexity index is 337. The van der Waals surface area contributed by atoms with Crippen LogP contribution in [0.25, 0.3) is 0 Å². The summed E-state index contributed by atoms with van der Waals surface area (Å²) in [5.41, 5.74) is 6.39. The van der Waals surface area contributed by atoms with Gasteiger partial charge in [0.05, 0.1) is 0 Å². The van der Waals surface area contributed by atoms with E-state index in [1.165, 1.54) is 12.1 Å². The maximum Gasteiger partial charge on any atom is 0.159 e. The molecule has 0 radical (unpaired) electrons. The molecule has 0 aliphatic heterocycles. The molecule has 0 aromatic heterocycles. The fourth-order valence-electron chi connectivity index (χ4n) is 1.96. The minimum Gasteiger partial charge on any atom is -0.330 e. The molecule has 90 valence electrons. The zero-order valence-corrected chi connectivity index (χ0v) is 9.84. The summed E-state index contributed by atoms with van der Waals surface area (Å²) in [5.74, 6) is -0.826. The minimum atomic E-state index is -0.792. The molecule has 0 heterocycles. The Balaban J connectivity index is 2.87. The van der Waals surface area contributed by atoms with Crippen molar-refractivity contribution in [3.63, 3.8) is 0 Å². The first-order valence-corrected chi connectivity index (χ1v) is 5.69. The van der Waals surface area contributed by atoms with Crippen molar-refractivity contribution >= 4 is 0 Å². The molecule has 0 saturated heterocycles. The van der Waals surface area contributed by atoms with E-state index in [0.29, 0.717) is 12.5 Å². The van der Waals surface area contributed by atoms with E-state index in [0.717, 1.165) is 18.4 Å². The fourth-order valence-corrected chi connectivity index (χ4v) is 1.96. The second kappa shape index (κ2) is 5.94. The topological polar surface area (TPSA) is 26.0 Å². The summed E-state index contributed by atoms with van der Waals surface area (Å²) in [6.07, 6.45) is 1.76. The van der Waals surface area contributed by atoms with Crippen LogP contribution in [0.1, 0.15) is 38.2 Å². The quantitative estimate of drug-likeness (QED) is 0.819. The van der Waals surface area contributed by atoms with Crippen LogP contribution >= 0.6 is 0 Å². The number of benzene rings is 1. The van der Waals surface area contributed by atoms with Crippen LogP contribution < -0.4 is 5.73 Å². The van der Waals surface area contributed by atoms with E-state index < -0.39 is 11.6 Å². The molecule has 1 nitrogen and oxygen atoms in total. The summed E-state index contributed by atoms with van der Waals surface area (Å²) in [5, 5.41) is 0. The largest absolute Gasteiger partial charge is 0.330 e. The van der Waals surface area contributed by atoms with Gasteiger partial charge in [0.25, 0.3) is 0 Å². The van der Waals surface area contributed by atoms with Gasteiger partial charge in [-0.3, -0.25) is 0 Å². The smallest absolute Gasteiger partial charge is 0.159 e. The van der Waals surface area contributed by atoms with Crippen LogP contribution in [0, 0.1) is 17.6 Å². The third-order valence-corrected chi connectivity index (χ3v) is 2.69. The maximum atomic E-state index is 13.1. The average Bonchev–Trinajstić information content (AvgIpc) is 2.21. The van der Waals surface area contributed by atoms with Gasteiger partial charge in [0.15, 0.2) is 11.6 Å². The molecule has 0 amide bonds. The first-order valence-electron chi connectivity index (χ1n) is 5.69. The third-order valence-electron chi connectivity index (χ3n) is 2.69. The van der Waals surface area contributed by atoms with Gasteiger partial charge in [0, 0.05) is 0 Å². The second-order valence-corrected chi connectivity index (χ2v) is 4.58. The molecule has 1 aromatic rings. The van der Waals surface area contributed by atoms with Crippen LogP contribution in [0.15, 0.2) is 18.2 Å². The molecule has 16 heavy (non-hydrogen) atoms. The van der Waals surface area contributed by atoms with Crippen molar-refractivity contribution in [1.82, 2.24) is 0 Å². The Morgan fingerprint density at radius 2 is 1.88 bits per heavy atom. The highest BCUT2D eigenvalue weighted by Gasteiger charge is 2.14. The molecule has 1 unspecified atom stereocenters. The van der Waals surface area contributed by atoms with Gasteiger partial charge in [-0.2, -0.15) is 0 Å². The van der Waals surface area contributed by atoms with Gasteiger partial charge in [0.1, 0.15) is 0 Å². The summed E-state index contributed by atoms with van der Waals surface area (Å²) < 4.78 is 25.9. The van der Waals surface area contributed by atoms with Crippen LogP contribution in [0.4, 0.5) is 8.78 Å². The lowest BCUT2D eigenvalue weighted by atomic mass is 9.88. The molecular formula is C13H19F2N. The lowest BCUT2D eigenvalue weighted by Crippen LogP contribution is -2.10. The Labute approximate surface area is 95.7 Å². The Hall–Kier alpha value is -0.960. The SMILES string of the molecule is CC(C)CC(CCN)c1ccc(F)c(F)c1. The summed E-state index contributed by atoms with van der Waals surface area (Å²) in [6.45, 7) is 4.79. The molecule has 0 bridgehead atoms. The predicted molar refractivity (Wildman–Crippen MR) is 62.2 cm³/mol. The molecule has 0 spiro atoms. The molecule has 3 heteroatoms. The summed E-state index contributed by atoms with van der Waals surface area (Å²) in [4.78, 5) is 0. The van der Waals surface area contributed by atoms with E-state index >= 15 is 0 Å². The van der Waals surface area contributed by atoms with Gasteiger partial charge in [-0.15, -0.1) is 0 Å². The normalized spacial score (nSPS) is 13.1. The highest BCUT2D eigenvalue weighted by atomic mass is 19.2. The second-order valence-electron chi connectivity index (χ2n) is 4.58. The van der Waals surface area contributed by atoms with Crippen LogP contribution in [0.5, 0.6) is 0 Å². The number of hydrogen-bond donors (Lipinski definition) is 1. The van der Waals surface area contributed by atoms with Gasteiger partial charge in [0.2, 0.25) is 0 Å². The van der Waals surface area contributed by atoms with Crippen molar-refractivity contribution < 1.29 is 8.78 Å². The lowest BCUT2D eigenvalue weighted by Gasteiger charge is -2.18. The maximum absolute atomic E-state index is 13.1. The molecule has 1 aromatic carbocycles. The molecule has 0 aliphatic carbocycles. The van der Waals surface area contributed by atoms with Crippen molar-refractivity contribution in [2.45, 2.75) is 32.6 Å². The van der Waals surface area contributed by atoms with Crippen molar-refractivity contribution in [3.8, 4) is 0 Å². The molecule has 1 rings (SSSR count). The summed E-state index contributed by atoms with van der Waals surface area (Å²) in [6, 6.07) is 4.13. The molecule has 0 fully saturated rings. The number of halogens is 2. The Morgan fingerprint density at radius 3 is 2.38 bits per heavy atom. The molecule has 0 aliphatic rings. The lowest BCUT2D eigenvalue weighted by molar-refractivity contribution is 0.470. The van der Waals surface area contributed by atoms with Crippen LogP contribution in [-0.2, 0) is 0 Å². The first-order chi connectivity index (χ1) is 7.54. The van der Waals surface area contributed by atoms with Crippen molar-refractivity contribution in [1.29, 1.82) is 0 Å². The number of nitrogens with two attached hydrogens (primary N) is 1. The molecule has 2 N–H and O–H groups in total.